The van der Waals surface area contributed by atoms with Gasteiger partial charge in [0.05, 0.1) is 12.2 Å². The topological polar surface area (TPSA) is 43.8 Å². The Morgan fingerprint density at radius 1 is 1.30 bits per heavy atom. The van der Waals surface area contributed by atoms with E-state index >= 15 is 0 Å². The van der Waals surface area contributed by atoms with Gasteiger partial charge >= 0.3 is 0 Å². The Balaban J connectivity index is 1.95. The zero-order chi connectivity index (χ0) is 16.8. The van der Waals surface area contributed by atoms with Crippen LogP contribution in [-0.4, -0.2) is 44.0 Å². The van der Waals surface area contributed by atoms with Crippen molar-refractivity contribution in [1.82, 2.24) is 15.2 Å². The first kappa shape index (κ1) is 17.7. The number of rotatable bonds is 5. The minimum absolute atomic E-state index is 0.664. The Bertz CT molecular complexity index is 668. The molecule has 0 aliphatic heterocycles. The molecule has 124 valence electrons. The number of aliphatic imine (C=N–C) groups is 1. The predicted molar refractivity (Wildman–Crippen MR) is 102 cm³/mol. The van der Waals surface area contributed by atoms with Gasteiger partial charge in [-0.15, -0.1) is 11.3 Å². The summed E-state index contributed by atoms with van der Waals surface area (Å²) in [5, 5.41) is 6.45. The first-order chi connectivity index (χ1) is 11.0. The molecule has 0 saturated heterocycles. The van der Waals surface area contributed by atoms with Gasteiger partial charge in [-0.25, -0.2) is 4.98 Å². The molecule has 0 aliphatic rings. The molecular formula is C16H22BrN5S. The summed E-state index contributed by atoms with van der Waals surface area (Å²) in [5.74, 6) is 0.847. The largest absolute Gasteiger partial charge is 0.354 e. The average molecular weight is 396 g/mol. The lowest BCUT2D eigenvalue weighted by Gasteiger charge is -2.22. The van der Waals surface area contributed by atoms with Crippen LogP contribution in [0.3, 0.4) is 0 Å². The molecule has 2 rings (SSSR count). The van der Waals surface area contributed by atoms with Gasteiger partial charge in [0, 0.05) is 44.6 Å². The van der Waals surface area contributed by atoms with E-state index in [0.29, 0.717) is 6.54 Å². The van der Waals surface area contributed by atoms with E-state index in [9.17, 15) is 0 Å². The fraction of sp³-hybridized carbons (Fsp3) is 0.375. The molecule has 2 aromatic rings. The number of nitrogens with one attached hydrogen (secondary N) is 1. The van der Waals surface area contributed by atoms with E-state index < -0.39 is 0 Å². The SMILES string of the molecule is CN=C(NCc1csc(N(C)C)n1)N(C)Cc1ccccc1Br. The number of nitrogens with zero attached hydrogens (tertiary/aromatic N) is 4. The summed E-state index contributed by atoms with van der Waals surface area (Å²) in [7, 11) is 7.83. The van der Waals surface area contributed by atoms with E-state index in [2.05, 4.69) is 53.6 Å². The lowest BCUT2D eigenvalue weighted by molar-refractivity contribution is 0.475. The highest BCUT2D eigenvalue weighted by molar-refractivity contribution is 9.10. The number of hydrogen-bond acceptors (Lipinski definition) is 4. The maximum atomic E-state index is 4.57. The molecule has 1 N–H and O–H groups in total. The monoisotopic (exact) mass is 395 g/mol. The maximum Gasteiger partial charge on any atom is 0.194 e. The molecular weight excluding hydrogens is 374 g/mol. The Morgan fingerprint density at radius 3 is 2.65 bits per heavy atom. The smallest absolute Gasteiger partial charge is 0.194 e. The number of benzene rings is 1. The van der Waals surface area contributed by atoms with Gasteiger partial charge in [-0.3, -0.25) is 4.99 Å². The minimum atomic E-state index is 0.664. The molecule has 0 aliphatic carbocycles. The Morgan fingerprint density at radius 2 is 2.04 bits per heavy atom. The van der Waals surface area contributed by atoms with Gasteiger partial charge in [-0.05, 0) is 11.6 Å². The summed E-state index contributed by atoms with van der Waals surface area (Å²) in [5.41, 5.74) is 2.25. The van der Waals surface area contributed by atoms with Gasteiger partial charge < -0.3 is 15.1 Å². The molecule has 1 heterocycles. The van der Waals surface area contributed by atoms with Gasteiger partial charge in [0.2, 0.25) is 0 Å². The normalized spacial score (nSPS) is 11.4. The standard InChI is InChI=1S/C16H22BrN5S/c1-18-15(19-9-13-11-23-16(20-13)21(2)3)22(4)10-12-7-5-6-8-14(12)17/h5-8,11H,9-10H2,1-4H3,(H,18,19). The average Bonchev–Trinajstić information content (AvgIpc) is 2.99. The Hall–Kier alpha value is -1.60. The summed E-state index contributed by atoms with van der Waals surface area (Å²) in [6, 6.07) is 8.22. The van der Waals surface area contributed by atoms with Crippen molar-refractivity contribution in [2.45, 2.75) is 13.1 Å². The highest BCUT2D eigenvalue weighted by Crippen LogP contribution is 2.18. The van der Waals surface area contributed by atoms with Crippen LogP contribution in [0.25, 0.3) is 0 Å². The molecule has 0 bridgehead atoms. The van der Waals surface area contributed by atoms with Gasteiger partial charge in [0.25, 0.3) is 0 Å². The summed E-state index contributed by atoms with van der Waals surface area (Å²) in [4.78, 5) is 13.0. The summed E-state index contributed by atoms with van der Waals surface area (Å²) >= 11 is 5.23. The van der Waals surface area contributed by atoms with E-state index in [1.54, 1.807) is 18.4 Å². The van der Waals surface area contributed by atoms with Crippen LogP contribution < -0.4 is 10.2 Å². The molecule has 0 unspecified atom stereocenters. The van der Waals surface area contributed by atoms with Crippen LogP contribution in [0.5, 0.6) is 0 Å². The number of halogens is 1. The van der Waals surface area contributed by atoms with E-state index in [1.165, 1.54) is 5.56 Å². The quantitative estimate of drug-likeness (QED) is 0.623. The van der Waals surface area contributed by atoms with Crippen LogP contribution >= 0.6 is 27.3 Å². The third-order valence-corrected chi connectivity index (χ3v) is 5.12. The summed E-state index contributed by atoms with van der Waals surface area (Å²) in [6.07, 6.45) is 0. The van der Waals surface area contributed by atoms with Crippen molar-refractivity contribution in [2.24, 2.45) is 4.99 Å². The molecule has 0 atom stereocenters. The second kappa shape index (κ2) is 8.31. The molecule has 7 heteroatoms. The highest BCUT2D eigenvalue weighted by atomic mass is 79.9. The lowest BCUT2D eigenvalue weighted by atomic mass is 10.2. The van der Waals surface area contributed by atoms with Crippen LogP contribution in [0.15, 0.2) is 39.1 Å². The number of anilines is 1. The van der Waals surface area contributed by atoms with Crippen molar-refractivity contribution in [2.75, 3.05) is 33.1 Å². The minimum Gasteiger partial charge on any atom is -0.354 e. The molecule has 0 spiro atoms. The van der Waals surface area contributed by atoms with Gasteiger partial charge in [0.15, 0.2) is 11.1 Å². The van der Waals surface area contributed by atoms with E-state index in [1.807, 2.05) is 38.2 Å². The van der Waals surface area contributed by atoms with Crippen LogP contribution in [0.2, 0.25) is 0 Å². The molecule has 0 radical (unpaired) electrons. The summed E-state index contributed by atoms with van der Waals surface area (Å²) < 4.78 is 1.11. The fourth-order valence-electron chi connectivity index (χ4n) is 2.09. The van der Waals surface area contributed by atoms with E-state index in [4.69, 9.17) is 0 Å². The fourth-order valence-corrected chi connectivity index (χ4v) is 3.26. The van der Waals surface area contributed by atoms with Crippen LogP contribution in [0.4, 0.5) is 5.13 Å². The van der Waals surface area contributed by atoms with E-state index in [-0.39, 0.29) is 0 Å². The second-order valence-electron chi connectivity index (χ2n) is 5.36. The number of thiazole rings is 1. The molecule has 1 aromatic heterocycles. The van der Waals surface area contributed by atoms with E-state index in [0.717, 1.165) is 27.8 Å². The molecule has 0 amide bonds. The van der Waals surface area contributed by atoms with Crippen molar-refractivity contribution >= 4 is 38.4 Å². The first-order valence-electron chi connectivity index (χ1n) is 7.28. The zero-order valence-corrected chi connectivity index (χ0v) is 16.3. The molecule has 1 aromatic carbocycles. The predicted octanol–water partition coefficient (Wildman–Crippen LogP) is 3.18. The third-order valence-electron chi connectivity index (χ3n) is 3.29. The van der Waals surface area contributed by atoms with Crippen molar-refractivity contribution in [1.29, 1.82) is 0 Å². The second-order valence-corrected chi connectivity index (χ2v) is 7.05. The molecule has 23 heavy (non-hydrogen) atoms. The van der Waals surface area contributed by atoms with Crippen LogP contribution in [0, 0.1) is 0 Å². The maximum absolute atomic E-state index is 4.57. The number of guanidine groups is 1. The van der Waals surface area contributed by atoms with Crippen LogP contribution in [0.1, 0.15) is 11.3 Å². The van der Waals surface area contributed by atoms with Crippen LogP contribution in [-0.2, 0) is 13.1 Å². The molecule has 0 fully saturated rings. The number of aromatic nitrogens is 1. The highest BCUT2D eigenvalue weighted by Gasteiger charge is 2.10. The lowest BCUT2D eigenvalue weighted by Crippen LogP contribution is -2.38. The molecule has 5 nitrogen and oxygen atoms in total. The van der Waals surface area contributed by atoms with Gasteiger partial charge in [-0.1, -0.05) is 34.1 Å². The zero-order valence-electron chi connectivity index (χ0n) is 13.9. The number of hydrogen-bond donors (Lipinski definition) is 1. The Kier molecular flexibility index (Phi) is 6.41. The van der Waals surface area contributed by atoms with Crippen molar-refractivity contribution in [3.63, 3.8) is 0 Å². The first-order valence-corrected chi connectivity index (χ1v) is 8.95. The van der Waals surface area contributed by atoms with Crippen molar-refractivity contribution in [3.05, 3.63) is 45.4 Å². The summed E-state index contributed by atoms with van der Waals surface area (Å²) in [6.45, 7) is 1.44. The third kappa shape index (κ3) is 4.94. The van der Waals surface area contributed by atoms with Crippen molar-refractivity contribution < 1.29 is 0 Å². The van der Waals surface area contributed by atoms with Gasteiger partial charge in [0.1, 0.15) is 0 Å². The molecule has 0 saturated carbocycles. The Labute approximate surface area is 150 Å². The van der Waals surface area contributed by atoms with Gasteiger partial charge in [-0.2, -0.15) is 0 Å². The van der Waals surface area contributed by atoms with Crippen molar-refractivity contribution in [3.8, 4) is 0 Å².